The number of hydrogen-bond acceptors (Lipinski definition) is 5. The molecular weight excluding hydrogens is 385 g/mol. The van der Waals surface area contributed by atoms with Gasteiger partial charge in [-0.2, -0.15) is 18.3 Å². The molecule has 0 spiro atoms. The van der Waals surface area contributed by atoms with E-state index in [0.29, 0.717) is 29.7 Å². The Balaban J connectivity index is 1.40. The number of aryl methyl sites for hydroxylation is 1. The molecule has 1 aliphatic carbocycles. The number of nitrogens with zero attached hydrogens (tertiary/aromatic N) is 5. The molecule has 1 amide bonds. The maximum absolute atomic E-state index is 13.0. The molecule has 7 nitrogen and oxygen atoms in total. The smallest absolute Gasteiger partial charge is 0.346 e. The number of halogens is 3. The zero-order valence-corrected chi connectivity index (χ0v) is 16.5. The minimum absolute atomic E-state index is 0.0851. The highest BCUT2D eigenvalue weighted by Crippen LogP contribution is 2.39. The van der Waals surface area contributed by atoms with Crippen LogP contribution < -0.4 is 10.2 Å². The number of carbonyl (C=O) groups is 1. The van der Waals surface area contributed by atoms with Crippen molar-refractivity contribution in [2.45, 2.75) is 51.9 Å². The van der Waals surface area contributed by atoms with E-state index in [1.807, 2.05) is 25.8 Å². The Morgan fingerprint density at radius 2 is 1.97 bits per heavy atom. The first-order valence-corrected chi connectivity index (χ1v) is 9.63. The van der Waals surface area contributed by atoms with Gasteiger partial charge in [0.1, 0.15) is 23.2 Å². The molecule has 0 aromatic carbocycles. The fraction of sp³-hybridized carbons (Fsp3) is 0.579. The SMILES string of the molecule is Cc1nc(CC2CC(Cn3nccc3C(F)(F)F)C2)nc2c1NC(=O)[C@H](C)N2C. The third kappa shape index (κ3) is 3.67. The average Bonchev–Trinajstić information content (AvgIpc) is 3.08. The van der Waals surface area contributed by atoms with Crippen LogP contribution in [-0.4, -0.2) is 38.7 Å². The molecule has 0 bridgehead atoms. The van der Waals surface area contributed by atoms with Crippen molar-refractivity contribution in [3.8, 4) is 0 Å². The molecule has 10 heteroatoms. The van der Waals surface area contributed by atoms with Crippen LogP contribution in [0, 0.1) is 18.8 Å². The fourth-order valence-electron chi connectivity index (χ4n) is 4.11. The topological polar surface area (TPSA) is 75.9 Å². The lowest BCUT2D eigenvalue weighted by atomic mass is 9.73. The van der Waals surface area contributed by atoms with Crippen molar-refractivity contribution < 1.29 is 18.0 Å². The molecule has 0 unspecified atom stereocenters. The van der Waals surface area contributed by atoms with Gasteiger partial charge in [-0.1, -0.05) is 0 Å². The summed E-state index contributed by atoms with van der Waals surface area (Å²) >= 11 is 0. The van der Waals surface area contributed by atoms with Gasteiger partial charge in [0.2, 0.25) is 5.91 Å². The fourth-order valence-corrected chi connectivity index (χ4v) is 4.11. The Morgan fingerprint density at radius 1 is 1.24 bits per heavy atom. The third-order valence-corrected chi connectivity index (χ3v) is 5.90. The lowest BCUT2D eigenvalue weighted by Gasteiger charge is -2.36. The van der Waals surface area contributed by atoms with Crippen molar-refractivity contribution in [2.24, 2.45) is 11.8 Å². The first-order chi connectivity index (χ1) is 13.6. The maximum Gasteiger partial charge on any atom is 0.433 e. The van der Waals surface area contributed by atoms with E-state index in [0.717, 1.165) is 29.3 Å². The van der Waals surface area contributed by atoms with Gasteiger partial charge in [-0.05, 0) is 44.6 Å². The molecule has 1 saturated carbocycles. The summed E-state index contributed by atoms with van der Waals surface area (Å²) < 4.78 is 40.0. The monoisotopic (exact) mass is 408 g/mol. The summed E-state index contributed by atoms with van der Waals surface area (Å²) in [5.41, 5.74) is 0.664. The molecule has 0 radical (unpaired) electrons. The number of likely N-dealkylation sites (N-methyl/N-ethyl adjacent to an activating group) is 1. The second kappa shape index (κ2) is 7.00. The third-order valence-electron chi connectivity index (χ3n) is 5.90. The first-order valence-electron chi connectivity index (χ1n) is 9.63. The van der Waals surface area contributed by atoms with E-state index in [2.05, 4.69) is 20.4 Å². The van der Waals surface area contributed by atoms with Crippen molar-refractivity contribution in [2.75, 3.05) is 17.3 Å². The maximum atomic E-state index is 13.0. The van der Waals surface area contributed by atoms with E-state index in [4.69, 9.17) is 0 Å². The van der Waals surface area contributed by atoms with Gasteiger partial charge >= 0.3 is 6.18 Å². The Morgan fingerprint density at radius 3 is 2.66 bits per heavy atom. The van der Waals surface area contributed by atoms with E-state index in [1.54, 1.807) is 0 Å². The first kappa shape index (κ1) is 19.7. The normalized spacial score (nSPS) is 24.1. The zero-order valence-electron chi connectivity index (χ0n) is 16.5. The van der Waals surface area contributed by atoms with Crippen molar-refractivity contribution >= 4 is 17.4 Å². The van der Waals surface area contributed by atoms with Crippen LogP contribution in [-0.2, 0) is 23.9 Å². The van der Waals surface area contributed by atoms with Crippen LogP contribution in [0.3, 0.4) is 0 Å². The number of rotatable bonds is 4. The second-order valence-corrected chi connectivity index (χ2v) is 8.00. The van der Waals surface area contributed by atoms with Gasteiger partial charge in [-0.3, -0.25) is 9.48 Å². The zero-order chi connectivity index (χ0) is 20.9. The largest absolute Gasteiger partial charge is 0.433 e. The number of aromatic nitrogens is 4. The summed E-state index contributed by atoms with van der Waals surface area (Å²) in [5.74, 6) is 1.83. The number of fused-ring (bicyclic) bond motifs is 1. The molecule has 1 fully saturated rings. The predicted molar refractivity (Wildman–Crippen MR) is 100 cm³/mol. The minimum Gasteiger partial charge on any atom is -0.346 e. The Hall–Kier alpha value is -2.65. The number of anilines is 2. The van der Waals surface area contributed by atoms with Crippen LogP contribution in [0.15, 0.2) is 12.3 Å². The number of amides is 1. The van der Waals surface area contributed by atoms with Crippen molar-refractivity contribution in [1.29, 1.82) is 0 Å². The Kier molecular flexibility index (Phi) is 4.74. The number of carbonyl (C=O) groups excluding carboxylic acids is 1. The molecule has 0 saturated heterocycles. The van der Waals surface area contributed by atoms with Crippen LogP contribution in [0.25, 0.3) is 0 Å². The van der Waals surface area contributed by atoms with E-state index < -0.39 is 11.9 Å². The van der Waals surface area contributed by atoms with E-state index in [9.17, 15) is 18.0 Å². The second-order valence-electron chi connectivity index (χ2n) is 8.00. The van der Waals surface area contributed by atoms with E-state index >= 15 is 0 Å². The molecule has 2 aromatic rings. The van der Waals surface area contributed by atoms with Crippen LogP contribution >= 0.6 is 0 Å². The molecule has 29 heavy (non-hydrogen) atoms. The lowest BCUT2D eigenvalue weighted by Crippen LogP contribution is -2.45. The standard InChI is InChI=1S/C19H23F3N6O/c1-10-16-17(27(3)11(2)18(29)26-16)25-15(24-10)8-12-6-13(7-12)9-28-14(4-5-23-28)19(20,21)22/h4-5,11-13H,6-9H2,1-3H3,(H,26,29)/t11-,12?,13?/m0/s1. The summed E-state index contributed by atoms with van der Waals surface area (Å²) in [6.07, 6.45) is -0.878. The molecule has 3 heterocycles. The number of hydrogen-bond donors (Lipinski definition) is 1. The molecule has 4 rings (SSSR count). The number of alkyl halides is 3. The molecule has 1 N–H and O–H groups in total. The van der Waals surface area contributed by atoms with Crippen LogP contribution in [0.4, 0.5) is 24.7 Å². The molecule has 2 aliphatic rings. The number of nitrogens with one attached hydrogen (secondary N) is 1. The average molecular weight is 408 g/mol. The highest BCUT2D eigenvalue weighted by atomic mass is 19.4. The van der Waals surface area contributed by atoms with Crippen LogP contribution in [0.1, 0.15) is 37.0 Å². The highest BCUT2D eigenvalue weighted by Gasteiger charge is 2.37. The van der Waals surface area contributed by atoms with E-state index in [-0.39, 0.29) is 24.4 Å². The molecule has 1 atom stereocenters. The summed E-state index contributed by atoms with van der Waals surface area (Å²) in [5, 5.41) is 6.69. The van der Waals surface area contributed by atoms with Gasteiger partial charge < -0.3 is 10.2 Å². The van der Waals surface area contributed by atoms with Gasteiger partial charge in [-0.25, -0.2) is 9.97 Å². The molecule has 1 aliphatic heterocycles. The van der Waals surface area contributed by atoms with Crippen molar-refractivity contribution in [1.82, 2.24) is 19.7 Å². The van der Waals surface area contributed by atoms with Gasteiger partial charge in [0.25, 0.3) is 0 Å². The quantitative estimate of drug-likeness (QED) is 0.842. The van der Waals surface area contributed by atoms with Crippen LogP contribution in [0.2, 0.25) is 0 Å². The summed E-state index contributed by atoms with van der Waals surface area (Å²) in [6.45, 7) is 3.93. The van der Waals surface area contributed by atoms with Gasteiger partial charge in [0.15, 0.2) is 5.82 Å². The Labute approximate surface area is 166 Å². The summed E-state index contributed by atoms with van der Waals surface area (Å²) in [4.78, 5) is 23.0. The highest BCUT2D eigenvalue weighted by molar-refractivity contribution is 6.02. The Bertz CT molecular complexity index is 935. The predicted octanol–water partition coefficient (Wildman–Crippen LogP) is 3.05. The minimum atomic E-state index is -4.38. The van der Waals surface area contributed by atoms with E-state index in [1.165, 1.54) is 6.20 Å². The van der Waals surface area contributed by atoms with Gasteiger partial charge in [0.05, 0.1) is 5.69 Å². The lowest BCUT2D eigenvalue weighted by molar-refractivity contribution is -0.144. The molecule has 2 aromatic heterocycles. The molecular formula is C19H23F3N6O. The van der Waals surface area contributed by atoms with Crippen molar-refractivity contribution in [3.63, 3.8) is 0 Å². The summed E-state index contributed by atoms with van der Waals surface area (Å²) in [7, 11) is 1.83. The van der Waals surface area contributed by atoms with Gasteiger partial charge in [0, 0.05) is 26.2 Å². The molecule has 156 valence electrons. The van der Waals surface area contributed by atoms with Crippen LogP contribution in [0.5, 0.6) is 0 Å². The summed E-state index contributed by atoms with van der Waals surface area (Å²) in [6, 6.07) is 0.700. The van der Waals surface area contributed by atoms with Gasteiger partial charge in [-0.15, -0.1) is 0 Å². The van der Waals surface area contributed by atoms with Crippen molar-refractivity contribution in [3.05, 3.63) is 29.5 Å².